The summed E-state index contributed by atoms with van der Waals surface area (Å²) in [5.41, 5.74) is 0.794. The Kier molecular flexibility index (Phi) is 4.74. The molecule has 0 aromatic rings. The zero-order valence-electron chi connectivity index (χ0n) is 8.48. The molecule has 0 saturated carbocycles. The molecule has 0 heterocycles. The van der Waals surface area contributed by atoms with E-state index in [4.69, 9.17) is 0 Å². The van der Waals surface area contributed by atoms with E-state index >= 15 is 0 Å². The standard InChI is InChI=1S/C10H22Si/c1-6-10(5)11(7-2,8-3)9-4/h6,10H,1,7-9H2,2-5H3. The van der Waals surface area contributed by atoms with E-state index in [1.165, 1.54) is 18.1 Å². The Morgan fingerprint density at radius 1 is 1.18 bits per heavy atom. The first-order valence-electron chi connectivity index (χ1n) is 4.79. The van der Waals surface area contributed by atoms with Crippen LogP contribution in [0.3, 0.4) is 0 Å². The molecule has 0 aromatic carbocycles. The second kappa shape index (κ2) is 4.76. The van der Waals surface area contributed by atoms with E-state index < -0.39 is 8.07 Å². The third kappa shape index (κ3) is 2.19. The first-order valence-corrected chi connectivity index (χ1v) is 7.49. The maximum Gasteiger partial charge on any atom is 0.0593 e. The highest BCUT2D eigenvalue weighted by atomic mass is 28.3. The Morgan fingerprint density at radius 3 is 1.64 bits per heavy atom. The summed E-state index contributed by atoms with van der Waals surface area (Å²) in [5.74, 6) is 0. The van der Waals surface area contributed by atoms with Gasteiger partial charge in [-0.25, -0.2) is 0 Å². The molecular formula is C10H22Si. The van der Waals surface area contributed by atoms with Gasteiger partial charge in [-0.05, 0) is 5.54 Å². The second-order valence-corrected chi connectivity index (χ2v) is 9.20. The monoisotopic (exact) mass is 170 g/mol. The van der Waals surface area contributed by atoms with Crippen molar-refractivity contribution >= 4 is 8.07 Å². The van der Waals surface area contributed by atoms with Crippen molar-refractivity contribution in [2.45, 2.75) is 51.4 Å². The van der Waals surface area contributed by atoms with Gasteiger partial charge in [0.15, 0.2) is 0 Å². The Balaban J connectivity index is 4.38. The van der Waals surface area contributed by atoms with Gasteiger partial charge >= 0.3 is 0 Å². The maximum atomic E-state index is 3.91. The lowest BCUT2D eigenvalue weighted by Crippen LogP contribution is -2.35. The summed E-state index contributed by atoms with van der Waals surface area (Å²) in [4.78, 5) is 0. The third-order valence-electron chi connectivity index (χ3n) is 3.43. The molecule has 0 aliphatic heterocycles. The van der Waals surface area contributed by atoms with Gasteiger partial charge in [-0.15, -0.1) is 6.58 Å². The summed E-state index contributed by atoms with van der Waals surface area (Å²) in [7, 11) is -0.939. The molecule has 0 N–H and O–H groups in total. The number of allylic oxidation sites excluding steroid dienone is 1. The average molecular weight is 170 g/mol. The molecule has 0 rings (SSSR count). The summed E-state index contributed by atoms with van der Waals surface area (Å²) >= 11 is 0. The van der Waals surface area contributed by atoms with E-state index in [1.807, 2.05) is 0 Å². The van der Waals surface area contributed by atoms with Crippen molar-refractivity contribution in [2.75, 3.05) is 0 Å². The second-order valence-electron chi connectivity index (χ2n) is 3.45. The van der Waals surface area contributed by atoms with Gasteiger partial charge in [-0.2, -0.15) is 0 Å². The molecule has 0 aliphatic rings. The summed E-state index contributed by atoms with van der Waals surface area (Å²) in [6, 6.07) is 4.23. The number of hydrogen-bond donors (Lipinski definition) is 0. The van der Waals surface area contributed by atoms with E-state index in [1.54, 1.807) is 0 Å². The van der Waals surface area contributed by atoms with E-state index in [9.17, 15) is 0 Å². The molecule has 0 saturated heterocycles. The van der Waals surface area contributed by atoms with Crippen LogP contribution in [-0.4, -0.2) is 8.07 Å². The number of hydrogen-bond acceptors (Lipinski definition) is 0. The Hall–Kier alpha value is -0.0431. The minimum atomic E-state index is -0.939. The number of rotatable bonds is 5. The van der Waals surface area contributed by atoms with Gasteiger partial charge in [0.25, 0.3) is 0 Å². The van der Waals surface area contributed by atoms with Crippen molar-refractivity contribution in [2.24, 2.45) is 0 Å². The van der Waals surface area contributed by atoms with Crippen molar-refractivity contribution < 1.29 is 0 Å². The Labute approximate surface area is 72.7 Å². The molecule has 0 bridgehead atoms. The van der Waals surface area contributed by atoms with Crippen LogP contribution >= 0.6 is 0 Å². The molecule has 0 amide bonds. The zero-order chi connectivity index (χ0) is 8.91. The fourth-order valence-electron chi connectivity index (χ4n) is 1.97. The molecule has 11 heavy (non-hydrogen) atoms. The lowest BCUT2D eigenvalue weighted by molar-refractivity contribution is 1.02. The zero-order valence-corrected chi connectivity index (χ0v) is 9.48. The van der Waals surface area contributed by atoms with Crippen LogP contribution in [0.4, 0.5) is 0 Å². The first kappa shape index (κ1) is 11.0. The lowest BCUT2D eigenvalue weighted by Gasteiger charge is -2.32. The summed E-state index contributed by atoms with van der Waals surface area (Å²) < 4.78 is 0. The van der Waals surface area contributed by atoms with Gasteiger partial charge in [0.2, 0.25) is 0 Å². The summed E-state index contributed by atoms with van der Waals surface area (Å²) in [6.45, 7) is 13.3. The van der Waals surface area contributed by atoms with Crippen molar-refractivity contribution in [1.29, 1.82) is 0 Å². The molecule has 0 spiro atoms. The highest BCUT2D eigenvalue weighted by Gasteiger charge is 2.30. The molecule has 0 aromatic heterocycles. The van der Waals surface area contributed by atoms with Crippen molar-refractivity contribution in [3.8, 4) is 0 Å². The predicted molar refractivity (Wildman–Crippen MR) is 56.8 cm³/mol. The van der Waals surface area contributed by atoms with Gasteiger partial charge in [0.05, 0.1) is 8.07 Å². The van der Waals surface area contributed by atoms with Crippen molar-refractivity contribution in [3.05, 3.63) is 12.7 Å². The van der Waals surface area contributed by atoms with Crippen LogP contribution in [0.15, 0.2) is 12.7 Å². The maximum absolute atomic E-state index is 3.91. The van der Waals surface area contributed by atoms with Gasteiger partial charge in [0, 0.05) is 0 Å². The normalized spacial score (nSPS) is 14.5. The van der Waals surface area contributed by atoms with Crippen LogP contribution < -0.4 is 0 Å². The molecular weight excluding hydrogens is 148 g/mol. The van der Waals surface area contributed by atoms with Crippen LogP contribution in [0.1, 0.15) is 27.7 Å². The fourth-order valence-corrected chi connectivity index (χ4v) is 5.90. The van der Waals surface area contributed by atoms with E-state index in [0.29, 0.717) is 0 Å². The van der Waals surface area contributed by atoms with Crippen LogP contribution in [0, 0.1) is 0 Å². The van der Waals surface area contributed by atoms with Gasteiger partial charge in [0.1, 0.15) is 0 Å². The van der Waals surface area contributed by atoms with E-state index in [-0.39, 0.29) is 0 Å². The smallest absolute Gasteiger partial charge is 0.0593 e. The SMILES string of the molecule is C=CC(C)[Si](CC)(CC)CC. The molecule has 1 heteroatoms. The van der Waals surface area contributed by atoms with Gasteiger partial charge in [-0.1, -0.05) is 51.9 Å². The minimum absolute atomic E-state index is 0.794. The van der Waals surface area contributed by atoms with E-state index in [0.717, 1.165) is 5.54 Å². The summed E-state index contributed by atoms with van der Waals surface area (Å²) in [5, 5.41) is 0. The van der Waals surface area contributed by atoms with Crippen LogP contribution in [0.25, 0.3) is 0 Å². The van der Waals surface area contributed by atoms with Gasteiger partial charge < -0.3 is 0 Å². The molecule has 0 fully saturated rings. The highest BCUT2D eigenvalue weighted by molar-refractivity contribution is 6.81. The topological polar surface area (TPSA) is 0 Å². The molecule has 0 nitrogen and oxygen atoms in total. The van der Waals surface area contributed by atoms with Crippen LogP contribution in [0.5, 0.6) is 0 Å². The fraction of sp³-hybridized carbons (Fsp3) is 0.800. The Bertz CT molecular complexity index is 106. The first-order chi connectivity index (χ1) is 5.16. The largest absolute Gasteiger partial charge is 0.103 e. The van der Waals surface area contributed by atoms with Crippen molar-refractivity contribution in [3.63, 3.8) is 0 Å². The molecule has 1 unspecified atom stereocenters. The summed E-state index contributed by atoms with van der Waals surface area (Å²) in [6.07, 6.45) is 2.16. The predicted octanol–water partition coefficient (Wildman–Crippen LogP) is 4.07. The van der Waals surface area contributed by atoms with E-state index in [2.05, 4.69) is 40.3 Å². The Morgan fingerprint density at radius 2 is 1.55 bits per heavy atom. The van der Waals surface area contributed by atoms with Gasteiger partial charge in [-0.3, -0.25) is 0 Å². The molecule has 0 aliphatic carbocycles. The molecule has 0 radical (unpaired) electrons. The van der Waals surface area contributed by atoms with Crippen LogP contribution in [-0.2, 0) is 0 Å². The molecule has 1 atom stereocenters. The lowest BCUT2D eigenvalue weighted by atomic mass is 10.5. The quantitative estimate of drug-likeness (QED) is 0.431. The average Bonchev–Trinajstić information content (AvgIpc) is 2.08. The highest BCUT2D eigenvalue weighted by Crippen LogP contribution is 2.33. The minimum Gasteiger partial charge on any atom is -0.103 e. The third-order valence-corrected chi connectivity index (χ3v) is 9.82. The van der Waals surface area contributed by atoms with Crippen LogP contribution in [0.2, 0.25) is 23.7 Å². The van der Waals surface area contributed by atoms with Crippen molar-refractivity contribution in [1.82, 2.24) is 0 Å². The molecule has 66 valence electrons.